The fraction of sp³-hybridized carbons (Fsp3) is 0.333. The molecule has 0 fully saturated rings. The van der Waals surface area contributed by atoms with E-state index in [2.05, 4.69) is 18.4 Å². The third kappa shape index (κ3) is 2.03. The molecule has 0 amide bonds. The summed E-state index contributed by atoms with van der Waals surface area (Å²) in [6, 6.07) is 10.2. The molecule has 3 heteroatoms. The van der Waals surface area contributed by atoms with Gasteiger partial charge in [0.2, 0.25) is 0 Å². The van der Waals surface area contributed by atoms with Crippen molar-refractivity contribution in [3.63, 3.8) is 0 Å². The van der Waals surface area contributed by atoms with Crippen LogP contribution in [0.1, 0.15) is 31.6 Å². The van der Waals surface area contributed by atoms with E-state index in [0.717, 1.165) is 29.6 Å². The highest BCUT2D eigenvalue weighted by molar-refractivity contribution is 5.77. The quantitative estimate of drug-likeness (QED) is 0.594. The summed E-state index contributed by atoms with van der Waals surface area (Å²) >= 11 is 0. The molecule has 3 N–H and O–H groups in total. The molecule has 1 atom stereocenters. The van der Waals surface area contributed by atoms with Crippen LogP contribution in [0.3, 0.4) is 0 Å². The van der Waals surface area contributed by atoms with Crippen molar-refractivity contribution >= 4 is 11.0 Å². The van der Waals surface area contributed by atoms with Crippen LogP contribution in [0.4, 0.5) is 0 Å². The van der Waals surface area contributed by atoms with Crippen LogP contribution >= 0.6 is 0 Å². The van der Waals surface area contributed by atoms with Crippen LogP contribution in [0.15, 0.2) is 34.7 Å². The van der Waals surface area contributed by atoms with E-state index >= 15 is 0 Å². The predicted molar refractivity (Wildman–Crippen MR) is 61.2 cm³/mol. The van der Waals surface area contributed by atoms with Crippen molar-refractivity contribution in [3.05, 3.63) is 36.1 Å². The molecule has 0 aliphatic rings. The van der Waals surface area contributed by atoms with E-state index in [9.17, 15) is 0 Å². The molecule has 0 aliphatic heterocycles. The SMILES string of the molecule is CCCC(NN)c1cc2ccccc2o1. The molecule has 2 aromatic rings. The molecule has 3 nitrogen and oxygen atoms in total. The van der Waals surface area contributed by atoms with Gasteiger partial charge in [-0.15, -0.1) is 0 Å². The second-order valence-corrected chi connectivity index (χ2v) is 3.69. The Hall–Kier alpha value is -1.32. The number of nitrogens with one attached hydrogen (secondary N) is 1. The van der Waals surface area contributed by atoms with Gasteiger partial charge in [0, 0.05) is 5.39 Å². The summed E-state index contributed by atoms with van der Waals surface area (Å²) < 4.78 is 5.73. The van der Waals surface area contributed by atoms with Crippen LogP contribution < -0.4 is 11.3 Å². The van der Waals surface area contributed by atoms with Crippen LogP contribution in [0.25, 0.3) is 11.0 Å². The van der Waals surface area contributed by atoms with Gasteiger partial charge in [0.1, 0.15) is 11.3 Å². The third-order valence-corrected chi connectivity index (χ3v) is 2.57. The van der Waals surface area contributed by atoms with Crippen molar-refractivity contribution in [1.29, 1.82) is 0 Å². The highest BCUT2D eigenvalue weighted by atomic mass is 16.3. The summed E-state index contributed by atoms with van der Waals surface area (Å²) in [5, 5.41) is 1.13. The summed E-state index contributed by atoms with van der Waals surface area (Å²) in [5.74, 6) is 6.42. The molecule has 0 bridgehead atoms. The number of fused-ring (bicyclic) bond motifs is 1. The fourth-order valence-electron chi connectivity index (χ4n) is 1.77. The van der Waals surface area contributed by atoms with E-state index in [0.29, 0.717) is 0 Å². The largest absolute Gasteiger partial charge is 0.459 e. The van der Waals surface area contributed by atoms with E-state index in [1.54, 1.807) is 0 Å². The zero-order valence-corrected chi connectivity index (χ0v) is 8.86. The van der Waals surface area contributed by atoms with Gasteiger partial charge in [0.25, 0.3) is 0 Å². The molecule has 1 heterocycles. The van der Waals surface area contributed by atoms with Crippen molar-refractivity contribution in [1.82, 2.24) is 5.43 Å². The van der Waals surface area contributed by atoms with Gasteiger partial charge in [0.05, 0.1) is 6.04 Å². The maximum atomic E-state index is 5.73. The first-order chi connectivity index (χ1) is 7.35. The lowest BCUT2D eigenvalue weighted by atomic mass is 10.1. The lowest BCUT2D eigenvalue weighted by Gasteiger charge is -2.10. The minimum absolute atomic E-state index is 0.113. The summed E-state index contributed by atoms with van der Waals surface area (Å²) in [5.41, 5.74) is 3.71. The van der Waals surface area contributed by atoms with Gasteiger partial charge < -0.3 is 4.42 Å². The molecule has 1 aromatic carbocycles. The predicted octanol–water partition coefficient (Wildman–Crippen LogP) is 2.74. The second kappa shape index (κ2) is 4.47. The van der Waals surface area contributed by atoms with Crippen LogP contribution in [-0.4, -0.2) is 0 Å². The molecule has 0 aliphatic carbocycles. The van der Waals surface area contributed by atoms with Gasteiger partial charge in [-0.1, -0.05) is 31.5 Å². The van der Waals surface area contributed by atoms with Crippen LogP contribution in [0.5, 0.6) is 0 Å². The van der Waals surface area contributed by atoms with Gasteiger partial charge in [-0.2, -0.15) is 0 Å². The van der Waals surface area contributed by atoms with E-state index in [1.165, 1.54) is 0 Å². The topological polar surface area (TPSA) is 51.2 Å². The molecule has 0 saturated carbocycles. The third-order valence-electron chi connectivity index (χ3n) is 2.57. The molecule has 15 heavy (non-hydrogen) atoms. The zero-order valence-electron chi connectivity index (χ0n) is 8.86. The van der Waals surface area contributed by atoms with Gasteiger partial charge in [0.15, 0.2) is 0 Å². The summed E-state index contributed by atoms with van der Waals surface area (Å²) in [6.07, 6.45) is 2.06. The van der Waals surface area contributed by atoms with Crippen molar-refractivity contribution in [2.24, 2.45) is 5.84 Å². The molecular formula is C12H16N2O. The lowest BCUT2D eigenvalue weighted by Crippen LogP contribution is -2.27. The van der Waals surface area contributed by atoms with Crippen molar-refractivity contribution < 1.29 is 4.42 Å². The monoisotopic (exact) mass is 204 g/mol. The standard InChI is InChI=1S/C12H16N2O/c1-2-5-10(14-13)12-8-9-6-3-4-7-11(9)15-12/h3-4,6-8,10,14H,2,5,13H2,1H3. The van der Waals surface area contributed by atoms with Gasteiger partial charge in [-0.25, -0.2) is 5.43 Å². The zero-order chi connectivity index (χ0) is 10.7. The molecule has 1 aromatic heterocycles. The van der Waals surface area contributed by atoms with Gasteiger partial charge >= 0.3 is 0 Å². The fourth-order valence-corrected chi connectivity index (χ4v) is 1.77. The lowest BCUT2D eigenvalue weighted by molar-refractivity contribution is 0.414. The molecular weight excluding hydrogens is 188 g/mol. The minimum atomic E-state index is 0.113. The van der Waals surface area contributed by atoms with E-state index < -0.39 is 0 Å². The van der Waals surface area contributed by atoms with Crippen molar-refractivity contribution in [3.8, 4) is 0 Å². The second-order valence-electron chi connectivity index (χ2n) is 3.69. The molecule has 2 rings (SSSR count). The Balaban J connectivity index is 2.34. The van der Waals surface area contributed by atoms with E-state index in [1.807, 2.05) is 24.3 Å². The smallest absolute Gasteiger partial charge is 0.134 e. The Kier molecular flexibility index (Phi) is 3.04. The van der Waals surface area contributed by atoms with E-state index in [-0.39, 0.29) is 6.04 Å². The number of para-hydroxylation sites is 1. The molecule has 0 radical (unpaired) electrons. The summed E-state index contributed by atoms with van der Waals surface area (Å²) in [6.45, 7) is 2.13. The van der Waals surface area contributed by atoms with E-state index in [4.69, 9.17) is 10.3 Å². The van der Waals surface area contributed by atoms with Crippen LogP contribution in [-0.2, 0) is 0 Å². The molecule has 0 saturated heterocycles. The number of hydrazine groups is 1. The first-order valence-corrected chi connectivity index (χ1v) is 5.29. The Morgan fingerprint density at radius 2 is 2.20 bits per heavy atom. The van der Waals surface area contributed by atoms with Gasteiger partial charge in [-0.3, -0.25) is 5.84 Å². The summed E-state index contributed by atoms with van der Waals surface area (Å²) in [4.78, 5) is 0. The maximum absolute atomic E-state index is 5.73. The number of nitrogens with two attached hydrogens (primary N) is 1. The normalized spacial score (nSPS) is 13.2. The Morgan fingerprint density at radius 1 is 1.40 bits per heavy atom. The number of hydrogen-bond donors (Lipinski definition) is 2. The highest BCUT2D eigenvalue weighted by Crippen LogP contribution is 2.25. The van der Waals surface area contributed by atoms with Crippen molar-refractivity contribution in [2.75, 3.05) is 0 Å². The average Bonchev–Trinajstić information content (AvgIpc) is 2.69. The molecule has 80 valence electrons. The van der Waals surface area contributed by atoms with Crippen molar-refractivity contribution in [2.45, 2.75) is 25.8 Å². The summed E-state index contributed by atoms with van der Waals surface area (Å²) in [7, 11) is 0. The Labute approximate surface area is 89.2 Å². The first kappa shape index (κ1) is 10.2. The molecule has 1 unspecified atom stereocenters. The Bertz CT molecular complexity index is 403. The Morgan fingerprint density at radius 3 is 2.87 bits per heavy atom. The molecule has 0 spiro atoms. The highest BCUT2D eigenvalue weighted by Gasteiger charge is 2.13. The number of benzene rings is 1. The number of rotatable bonds is 4. The minimum Gasteiger partial charge on any atom is -0.459 e. The average molecular weight is 204 g/mol. The van der Waals surface area contributed by atoms with Crippen LogP contribution in [0, 0.1) is 0 Å². The first-order valence-electron chi connectivity index (χ1n) is 5.29. The number of furan rings is 1. The van der Waals surface area contributed by atoms with Crippen LogP contribution in [0.2, 0.25) is 0 Å². The maximum Gasteiger partial charge on any atom is 0.134 e. The van der Waals surface area contributed by atoms with Gasteiger partial charge in [-0.05, 0) is 18.6 Å². The number of hydrogen-bond acceptors (Lipinski definition) is 3.